The van der Waals surface area contributed by atoms with E-state index in [1.165, 1.54) is 0 Å². The van der Waals surface area contributed by atoms with Crippen molar-refractivity contribution >= 4 is 32.9 Å². The van der Waals surface area contributed by atoms with Crippen LogP contribution in [-0.4, -0.2) is 23.0 Å². The molecule has 0 spiro atoms. The van der Waals surface area contributed by atoms with Gasteiger partial charge in [0.25, 0.3) is 5.69 Å². The van der Waals surface area contributed by atoms with Crippen LogP contribution in [0.3, 0.4) is 0 Å². The number of para-hydroxylation sites is 1. The summed E-state index contributed by atoms with van der Waals surface area (Å²) in [4.78, 5) is 17.6. The van der Waals surface area contributed by atoms with E-state index in [9.17, 15) is 10.1 Å². The third kappa shape index (κ3) is 2.90. The Bertz CT molecular complexity index is 823. The van der Waals surface area contributed by atoms with Gasteiger partial charge < -0.3 is 4.90 Å². The number of aromatic nitrogens is 1. The lowest BCUT2D eigenvalue weighted by Crippen LogP contribution is -2.22. The van der Waals surface area contributed by atoms with Gasteiger partial charge in [-0.25, -0.2) is 4.98 Å². The van der Waals surface area contributed by atoms with Crippen molar-refractivity contribution in [3.8, 4) is 10.6 Å². The molecule has 1 aromatic heterocycles. The van der Waals surface area contributed by atoms with Gasteiger partial charge in [-0.3, -0.25) is 10.1 Å². The second-order valence-corrected chi connectivity index (χ2v) is 6.15. The molecule has 2 aromatic carbocycles. The molecule has 0 amide bonds. The first-order valence-electron chi connectivity index (χ1n) is 7.53. The zero-order chi connectivity index (χ0) is 16.4. The average Bonchev–Trinajstić information content (AvgIpc) is 3.00. The van der Waals surface area contributed by atoms with Crippen LogP contribution in [0.5, 0.6) is 0 Å². The van der Waals surface area contributed by atoms with Gasteiger partial charge in [0.05, 0.1) is 15.1 Å². The highest BCUT2D eigenvalue weighted by atomic mass is 32.1. The summed E-state index contributed by atoms with van der Waals surface area (Å²) >= 11 is 1.56. The van der Waals surface area contributed by atoms with Crippen LogP contribution < -0.4 is 4.90 Å². The maximum Gasteiger partial charge on any atom is 0.270 e. The first kappa shape index (κ1) is 15.4. The van der Waals surface area contributed by atoms with Crippen LogP contribution in [0.4, 0.5) is 11.4 Å². The molecule has 0 aliphatic carbocycles. The van der Waals surface area contributed by atoms with Gasteiger partial charge in [-0.2, -0.15) is 0 Å². The molecule has 1 heterocycles. The Morgan fingerprint density at radius 3 is 2.57 bits per heavy atom. The molecule has 5 nitrogen and oxygen atoms in total. The Balaban J connectivity index is 2.21. The van der Waals surface area contributed by atoms with Crippen molar-refractivity contribution in [2.75, 3.05) is 18.0 Å². The van der Waals surface area contributed by atoms with Gasteiger partial charge in [-0.15, -0.1) is 11.3 Å². The molecule has 0 atom stereocenters. The molecule has 0 fully saturated rings. The van der Waals surface area contributed by atoms with Gasteiger partial charge in [0, 0.05) is 36.5 Å². The second-order valence-electron chi connectivity index (χ2n) is 5.12. The van der Waals surface area contributed by atoms with E-state index < -0.39 is 0 Å². The first-order chi connectivity index (χ1) is 11.1. The molecular weight excluding hydrogens is 310 g/mol. The fraction of sp³-hybridized carbons (Fsp3) is 0.235. The molecule has 0 radical (unpaired) electrons. The predicted octanol–water partition coefficient (Wildman–Crippen LogP) is 4.72. The van der Waals surface area contributed by atoms with Crippen molar-refractivity contribution in [1.29, 1.82) is 0 Å². The van der Waals surface area contributed by atoms with Crippen molar-refractivity contribution in [3.63, 3.8) is 0 Å². The van der Waals surface area contributed by atoms with E-state index in [2.05, 4.69) is 23.7 Å². The number of non-ortho nitro benzene ring substituents is 1. The molecule has 3 rings (SSSR count). The number of thiazole rings is 1. The van der Waals surface area contributed by atoms with Crippen molar-refractivity contribution in [3.05, 3.63) is 52.6 Å². The minimum atomic E-state index is -0.358. The van der Waals surface area contributed by atoms with Gasteiger partial charge in [-0.05, 0) is 32.0 Å². The summed E-state index contributed by atoms with van der Waals surface area (Å²) in [5.74, 6) is 0. The maximum absolute atomic E-state index is 11.2. The zero-order valence-corrected chi connectivity index (χ0v) is 13.8. The number of anilines is 1. The number of nitro benzene ring substituents is 1. The molecular formula is C17H17N3O2S. The monoisotopic (exact) mass is 327 g/mol. The van der Waals surface area contributed by atoms with Gasteiger partial charge in [-0.1, -0.05) is 12.1 Å². The van der Waals surface area contributed by atoms with Gasteiger partial charge in [0.15, 0.2) is 0 Å². The van der Waals surface area contributed by atoms with E-state index >= 15 is 0 Å². The molecule has 0 unspecified atom stereocenters. The Labute approximate surface area is 138 Å². The van der Waals surface area contributed by atoms with Crippen LogP contribution in [0.1, 0.15) is 13.8 Å². The highest BCUT2D eigenvalue weighted by molar-refractivity contribution is 7.21. The van der Waals surface area contributed by atoms with E-state index in [1.807, 2.05) is 30.3 Å². The van der Waals surface area contributed by atoms with Gasteiger partial charge in [0.2, 0.25) is 0 Å². The van der Waals surface area contributed by atoms with Crippen LogP contribution in [-0.2, 0) is 0 Å². The fourth-order valence-corrected chi connectivity index (χ4v) is 3.63. The number of hydrogen-bond donors (Lipinski definition) is 0. The number of fused-ring (bicyclic) bond motifs is 1. The highest BCUT2D eigenvalue weighted by Crippen LogP contribution is 2.38. The molecule has 0 aliphatic heterocycles. The van der Waals surface area contributed by atoms with Crippen LogP contribution >= 0.6 is 11.3 Å². The molecule has 0 aliphatic rings. The Morgan fingerprint density at radius 1 is 1.17 bits per heavy atom. The molecule has 0 saturated carbocycles. The lowest BCUT2D eigenvalue weighted by atomic mass is 10.1. The lowest BCUT2D eigenvalue weighted by molar-refractivity contribution is -0.384. The second kappa shape index (κ2) is 6.34. The molecule has 0 bridgehead atoms. The Kier molecular flexibility index (Phi) is 4.25. The summed E-state index contributed by atoms with van der Waals surface area (Å²) < 4.78 is 1.08. The molecule has 0 N–H and O–H groups in total. The largest absolute Gasteiger partial charge is 0.372 e. The number of benzene rings is 2. The lowest BCUT2D eigenvalue weighted by Gasteiger charge is -2.23. The minimum absolute atomic E-state index is 0.0927. The predicted molar refractivity (Wildman–Crippen MR) is 95.3 cm³/mol. The molecule has 0 saturated heterocycles. The number of hydrogen-bond acceptors (Lipinski definition) is 5. The van der Waals surface area contributed by atoms with Crippen molar-refractivity contribution < 1.29 is 4.92 Å². The van der Waals surface area contributed by atoms with Crippen LogP contribution in [0.25, 0.3) is 20.8 Å². The quantitative estimate of drug-likeness (QED) is 0.502. The highest BCUT2D eigenvalue weighted by Gasteiger charge is 2.18. The minimum Gasteiger partial charge on any atom is -0.372 e. The number of nitro groups is 1. The van der Waals surface area contributed by atoms with Gasteiger partial charge in [0.1, 0.15) is 5.01 Å². The standard InChI is InChI=1S/C17H17N3O2S/c1-3-19(4-2)15-10-9-12(20(21)22)11-13(15)17-18-14-7-5-6-8-16(14)23-17/h5-11H,3-4H2,1-2H3. The van der Waals surface area contributed by atoms with Crippen LogP contribution in [0.2, 0.25) is 0 Å². The van der Waals surface area contributed by atoms with Crippen molar-refractivity contribution in [2.24, 2.45) is 0 Å². The van der Waals surface area contributed by atoms with E-state index in [4.69, 9.17) is 0 Å². The Hall–Kier alpha value is -2.47. The summed E-state index contributed by atoms with van der Waals surface area (Å²) in [6.07, 6.45) is 0. The Morgan fingerprint density at radius 2 is 1.91 bits per heavy atom. The van der Waals surface area contributed by atoms with E-state index in [0.717, 1.165) is 39.6 Å². The normalized spacial score (nSPS) is 10.9. The van der Waals surface area contributed by atoms with Crippen LogP contribution in [0, 0.1) is 10.1 Å². The van der Waals surface area contributed by atoms with E-state index in [-0.39, 0.29) is 10.6 Å². The topological polar surface area (TPSA) is 59.3 Å². The summed E-state index contributed by atoms with van der Waals surface area (Å²) in [7, 11) is 0. The number of nitrogens with zero attached hydrogens (tertiary/aromatic N) is 3. The summed E-state index contributed by atoms with van der Waals surface area (Å²) in [6.45, 7) is 5.83. The van der Waals surface area contributed by atoms with E-state index in [1.54, 1.807) is 23.5 Å². The van der Waals surface area contributed by atoms with Gasteiger partial charge >= 0.3 is 0 Å². The third-order valence-corrected chi connectivity index (χ3v) is 4.89. The third-order valence-electron chi connectivity index (χ3n) is 3.82. The van der Waals surface area contributed by atoms with Crippen LogP contribution in [0.15, 0.2) is 42.5 Å². The van der Waals surface area contributed by atoms with Crippen molar-refractivity contribution in [1.82, 2.24) is 4.98 Å². The molecule has 3 aromatic rings. The SMILES string of the molecule is CCN(CC)c1ccc([N+](=O)[O-])cc1-c1nc2ccccc2s1. The summed E-state index contributed by atoms with van der Waals surface area (Å²) in [6, 6.07) is 12.9. The molecule has 23 heavy (non-hydrogen) atoms. The fourth-order valence-electron chi connectivity index (χ4n) is 2.64. The summed E-state index contributed by atoms with van der Waals surface area (Å²) in [5, 5.41) is 12.0. The summed E-state index contributed by atoms with van der Waals surface area (Å²) in [5.41, 5.74) is 2.82. The maximum atomic E-state index is 11.2. The zero-order valence-electron chi connectivity index (χ0n) is 13.0. The van der Waals surface area contributed by atoms with E-state index in [0.29, 0.717) is 0 Å². The first-order valence-corrected chi connectivity index (χ1v) is 8.35. The smallest absolute Gasteiger partial charge is 0.270 e. The average molecular weight is 327 g/mol. The van der Waals surface area contributed by atoms with Crippen molar-refractivity contribution in [2.45, 2.75) is 13.8 Å². The number of rotatable bonds is 5. The molecule has 6 heteroatoms. The molecule has 118 valence electrons.